The van der Waals surface area contributed by atoms with Crippen LogP contribution in [0.25, 0.3) is 0 Å². The quantitative estimate of drug-likeness (QED) is 0.809. The van der Waals surface area contributed by atoms with Gasteiger partial charge < -0.3 is 15.2 Å². The molecule has 1 unspecified atom stereocenters. The van der Waals surface area contributed by atoms with Crippen LogP contribution in [0.5, 0.6) is 5.75 Å². The first-order chi connectivity index (χ1) is 8.84. The summed E-state index contributed by atoms with van der Waals surface area (Å²) < 4.78 is 5.30. The van der Waals surface area contributed by atoms with E-state index in [1.54, 1.807) is 13.2 Å². The molecule has 0 amide bonds. The summed E-state index contributed by atoms with van der Waals surface area (Å²) in [5, 5.41) is 14.4. The molecule has 1 atom stereocenters. The van der Waals surface area contributed by atoms with Gasteiger partial charge in [-0.2, -0.15) is 0 Å². The zero-order chi connectivity index (χ0) is 14.5. The SMILES string of the molecule is COc1ccc(Cl)cc1CC(C)(O)CNCC(C)C. The zero-order valence-electron chi connectivity index (χ0n) is 12.2. The molecule has 4 heteroatoms. The Balaban J connectivity index is 2.68. The lowest BCUT2D eigenvalue weighted by atomic mass is 9.95. The molecule has 0 saturated carbocycles. The highest BCUT2D eigenvalue weighted by Gasteiger charge is 2.22. The van der Waals surface area contributed by atoms with Crippen molar-refractivity contribution < 1.29 is 9.84 Å². The summed E-state index contributed by atoms with van der Waals surface area (Å²) in [4.78, 5) is 0. The lowest BCUT2D eigenvalue weighted by Crippen LogP contribution is -2.41. The van der Waals surface area contributed by atoms with Crippen LogP contribution in [0.15, 0.2) is 18.2 Å². The molecule has 0 aliphatic rings. The maximum absolute atomic E-state index is 10.4. The van der Waals surface area contributed by atoms with Gasteiger partial charge in [0.1, 0.15) is 5.75 Å². The molecule has 0 aromatic heterocycles. The fraction of sp³-hybridized carbons (Fsp3) is 0.600. The number of methoxy groups -OCH3 is 1. The average molecular weight is 286 g/mol. The average Bonchev–Trinajstić information content (AvgIpc) is 2.27. The Labute approximate surface area is 120 Å². The molecule has 1 aromatic rings. The van der Waals surface area contributed by atoms with E-state index in [0.717, 1.165) is 17.9 Å². The summed E-state index contributed by atoms with van der Waals surface area (Å²) in [5.74, 6) is 1.32. The third-order valence-electron chi connectivity index (χ3n) is 2.87. The summed E-state index contributed by atoms with van der Waals surface area (Å²) in [6.07, 6.45) is 0.502. The molecule has 0 aliphatic heterocycles. The van der Waals surface area contributed by atoms with Gasteiger partial charge in [0.2, 0.25) is 0 Å². The van der Waals surface area contributed by atoms with Crippen LogP contribution >= 0.6 is 11.6 Å². The largest absolute Gasteiger partial charge is 0.496 e. The van der Waals surface area contributed by atoms with E-state index in [1.165, 1.54) is 0 Å². The van der Waals surface area contributed by atoms with E-state index in [1.807, 2.05) is 19.1 Å². The lowest BCUT2D eigenvalue weighted by Gasteiger charge is -2.25. The van der Waals surface area contributed by atoms with Crippen LogP contribution < -0.4 is 10.1 Å². The minimum atomic E-state index is -0.827. The minimum Gasteiger partial charge on any atom is -0.496 e. The van der Waals surface area contributed by atoms with Crippen LogP contribution in [0, 0.1) is 5.92 Å². The van der Waals surface area contributed by atoms with Gasteiger partial charge >= 0.3 is 0 Å². The Morgan fingerprint density at radius 1 is 1.42 bits per heavy atom. The number of hydrogen-bond donors (Lipinski definition) is 2. The van der Waals surface area contributed by atoms with Gasteiger partial charge in [-0.1, -0.05) is 25.4 Å². The summed E-state index contributed by atoms with van der Waals surface area (Å²) in [7, 11) is 1.62. The number of hydrogen-bond acceptors (Lipinski definition) is 3. The molecular formula is C15H24ClNO2. The number of aliphatic hydroxyl groups is 1. The molecule has 108 valence electrons. The van der Waals surface area contributed by atoms with Crippen LogP contribution in [-0.2, 0) is 6.42 Å². The minimum absolute atomic E-state index is 0.502. The van der Waals surface area contributed by atoms with Crippen molar-refractivity contribution in [3.05, 3.63) is 28.8 Å². The van der Waals surface area contributed by atoms with Crippen molar-refractivity contribution in [1.82, 2.24) is 5.32 Å². The number of halogens is 1. The van der Waals surface area contributed by atoms with Gasteiger partial charge in [-0.15, -0.1) is 0 Å². The second-order valence-electron chi connectivity index (χ2n) is 5.65. The molecular weight excluding hydrogens is 262 g/mol. The molecule has 0 saturated heterocycles. The zero-order valence-corrected chi connectivity index (χ0v) is 12.9. The summed E-state index contributed by atoms with van der Waals surface area (Å²) in [5.41, 5.74) is 0.0960. The van der Waals surface area contributed by atoms with Crippen molar-refractivity contribution in [3.63, 3.8) is 0 Å². The molecule has 0 radical (unpaired) electrons. The Hall–Kier alpha value is -0.770. The number of ether oxygens (including phenoxy) is 1. The van der Waals surface area contributed by atoms with Crippen molar-refractivity contribution in [2.75, 3.05) is 20.2 Å². The van der Waals surface area contributed by atoms with Crippen molar-refractivity contribution in [2.24, 2.45) is 5.92 Å². The van der Waals surface area contributed by atoms with Crippen molar-refractivity contribution in [2.45, 2.75) is 32.8 Å². The first-order valence-corrected chi connectivity index (χ1v) is 6.97. The van der Waals surface area contributed by atoms with Crippen LogP contribution in [-0.4, -0.2) is 30.9 Å². The summed E-state index contributed by atoms with van der Waals surface area (Å²) in [6, 6.07) is 5.46. The van der Waals surface area contributed by atoms with Crippen LogP contribution in [0.3, 0.4) is 0 Å². The normalized spacial score (nSPS) is 14.5. The maximum atomic E-state index is 10.4. The highest BCUT2D eigenvalue weighted by molar-refractivity contribution is 6.30. The van der Waals surface area contributed by atoms with Gasteiger partial charge in [0, 0.05) is 18.0 Å². The van der Waals surface area contributed by atoms with Crippen molar-refractivity contribution >= 4 is 11.6 Å². The van der Waals surface area contributed by atoms with E-state index in [0.29, 0.717) is 23.9 Å². The van der Waals surface area contributed by atoms with Crippen LogP contribution in [0.2, 0.25) is 5.02 Å². The van der Waals surface area contributed by atoms with Gasteiger partial charge in [0.05, 0.1) is 12.7 Å². The van der Waals surface area contributed by atoms with E-state index in [4.69, 9.17) is 16.3 Å². The topological polar surface area (TPSA) is 41.5 Å². The lowest BCUT2D eigenvalue weighted by molar-refractivity contribution is 0.0589. The van der Waals surface area contributed by atoms with Crippen LogP contribution in [0.1, 0.15) is 26.3 Å². The standard InChI is InChI=1S/C15H24ClNO2/c1-11(2)9-17-10-15(3,18)8-12-7-13(16)5-6-14(12)19-4/h5-7,11,17-18H,8-10H2,1-4H3. The Morgan fingerprint density at radius 3 is 2.68 bits per heavy atom. The van der Waals surface area contributed by atoms with Crippen LogP contribution in [0.4, 0.5) is 0 Å². The second-order valence-corrected chi connectivity index (χ2v) is 6.09. The molecule has 0 heterocycles. The highest BCUT2D eigenvalue weighted by atomic mass is 35.5. The molecule has 0 bridgehead atoms. The van der Waals surface area contributed by atoms with Gasteiger partial charge in [0.15, 0.2) is 0 Å². The summed E-state index contributed by atoms with van der Waals surface area (Å²) in [6.45, 7) is 7.54. The van der Waals surface area contributed by atoms with E-state index >= 15 is 0 Å². The summed E-state index contributed by atoms with van der Waals surface area (Å²) >= 11 is 6.00. The molecule has 0 spiro atoms. The van der Waals surface area contributed by atoms with Gasteiger partial charge in [-0.3, -0.25) is 0 Å². The molecule has 1 aromatic carbocycles. The molecule has 0 fully saturated rings. The first-order valence-electron chi connectivity index (χ1n) is 6.59. The molecule has 1 rings (SSSR count). The third-order valence-corrected chi connectivity index (χ3v) is 3.11. The van der Waals surface area contributed by atoms with Gasteiger partial charge in [-0.25, -0.2) is 0 Å². The van der Waals surface area contributed by atoms with E-state index in [2.05, 4.69) is 19.2 Å². The van der Waals surface area contributed by atoms with E-state index in [9.17, 15) is 5.11 Å². The smallest absolute Gasteiger partial charge is 0.122 e. The number of nitrogens with one attached hydrogen (secondary N) is 1. The predicted molar refractivity (Wildman–Crippen MR) is 80.0 cm³/mol. The van der Waals surface area contributed by atoms with Crippen molar-refractivity contribution in [1.29, 1.82) is 0 Å². The Bertz CT molecular complexity index is 405. The fourth-order valence-corrected chi connectivity index (χ4v) is 2.18. The Morgan fingerprint density at radius 2 is 2.11 bits per heavy atom. The van der Waals surface area contributed by atoms with Crippen molar-refractivity contribution in [3.8, 4) is 5.75 Å². The van der Waals surface area contributed by atoms with E-state index in [-0.39, 0.29) is 0 Å². The fourth-order valence-electron chi connectivity index (χ4n) is 1.99. The molecule has 0 aliphatic carbocycles. The first kappa shape index (κ1) is 16.3. The predicted octanol–water partition coefficient (Wildman–Crippen LogP) is 2.89. The molecule has 3 nitrogen and oxygen atoms in total. The maximum Gasteiger partial charge on any atom is 0.122 e. The monoisotopic (exact) mass is 285 g/mol. The van der Waals surface area contributed by atoms with E-state index < -0.39 is 5.60 Å². The number of rotatable bonds is 7. The Kier molecular flexibility index (Phi) is 6.11. The molecule has 19 heavy (non-hydrogen) atoms. The van der Waals surface area contributed by atoms with Gasteiger partial charge in [0.25, 0.3) is 0 Å². The highest BCUT2D eigenvalue weighted by Crippen LogP contribution is 2.26. The second kappa shape index (κ2) is 7.13. The van der Waals surface area contributed by atoms with Gasteiger partial charge in [-0.05, 0) is 43.1 Å². The molecule has 2 N–H and O–H groups in total. The number of benzene rings is 1. The third kappa shape index (κ3) is 5.81.